The lowest BCUT2D eigenvalue weighted by molar-refractivity contribution is 0.358. The molecular formula is C12H17N5S. The minimum Gasteiger partial charge on any atom is -0.307 e. The maximum absolute atomic E-state index is 4.42. The number of rotatable bonds is 3. The van der Waals surface area contributed by atoms with Crippen molar-refractivity contribution in [1.29, 1.82) is 0 Å². The first-order chi connectivity index (χ1) is 8.70. The Hall–Kier alpha value is -1.27. The van der Waals surface area contributed by atoms with Gasteiger partial charge in [-0.25, -0.2) is 14.6 Å². The first-order valence-corrected chi connectivity index (χ1v) is 7.07. The van der Waals surface area contributed by atoms with Gasteiger partial charge in [-0.15, -0.1) is 11.3 Å². The van der Waals surface area contributed by atoms with Crippen LogP contribution in [0.4, 0.5) is 0 Å². The second-order valence-electron chi connectivity index (χ2n) is 4.72. The van der Waals surface area contributed by atoms with Gasteiger partial charge >= 0.3 is 0 Å². The molecule has 0 bridgehead atoms. The second-order valence-corrected chi connectivity index (χ2v) is 6.04. The van der Waals surface area contributed by atoms with Gasteiger partial charge in [-0.05, 0) is 20.3 Å². The molecular weight excluding hydrogens is 246 g/mol. The molecule has 1 N–H and O–H groups in total. The van der Waals surface area contributed by atoms with E-state index in [4.69, 9.17) is 0 Å². The van der Waals surface area contributed by atoms with Crippen molar-refractivity contribution in [3.8, 4) is 0 Å². The Morgan fingerprint density at radius 1 is 1.50 bits per heavy atom. The minimum atomic E-state index is 0.487. The molecule has 1 unspecified atom stereocenters. The highest BCUT2D eigenvalue weighted by molar-refractivity contribution is 7.11. The number of nitrogens with one attached hydrogen (secondary N) is 1. The first kappa shape index (κ1) is 11.8. The quantitative estimate of drug-likeness (QED) is 0.911. The molecule has 0 aliphatic carbocycles. The Morgan fingerprint density at radius 2 is 2.39 bits per heavy atom. The van der Waals surface area contributed by atoms with Gasteiger partial charge in [0.15, 0.2) is 0 Å². The van der Waals surface area contributed by atoms with Crippen molar-refractivity contribution in [2.75, 3.05) is 0 Å². The molecule has 1 aliphatic heterocycles. The predicted octanol–water partition coefficient (Wildman–Crippen LogP) is 1.46. The average Bonchev–Trinajstić information content (AvgIpc) is 2.90. The van der Waals surface area contributed by atoms with Gasteiger partial charge in [0, 0.05) is 30.1 Å². The number of hydrogen-bond donors (Lipinski definition) is 1. The Bertz CT molecular complexity index is 544. The summed E-state index contributed by atoms with van der Waals surface area (Å²) in [6.45, 7) is 5.82. The normalized spacial score (nSPS) is 18.9. The molecule has 0 amide bonds. The fraction of sp³-hybridized carbons (Fsp3) is 0.583. The topological polar surface area (TPSA) is 55.6 Å². The number of thiazole rings is 1. The fourth-order valence-electron chi connectivity index (χ4n) is 2.33. The van der Waals surface area contributed by atoms with Crippen LogP contribution in [0.25, 0.3) is 0 Å². The highest BCUT2D eigenvalue weighted by Crippen LogP contribution is 2.15. The predicted molar refractivity (Wildman–Crippen MR) is 70.6 cm³/mol. The van der Waals surface area contributed by atoms with Gasteiger partial charge in [-0.2, -0.15) is 5.10 Å². The smallest absolute Gasteiger partial charge is 0.147 e. The van der Waals surface area contributed by atoms with E-state index in [-0.39, 0.29) is 0 Å². The average molecular weight is 263 g/mol. The summed E-state index contributed by atoms with van der Waals surface area (Å²) in [6, 6.07) is 0.487. The maximum atomic E-state index is 4.42. The van der Waals surface area contributed by atoms with E-state index in [1.165, 1.54) is 4.88 Å². The fourth-order valence-corrected chi connectivity index (χ4v) is 3.08. The number of aryl methyl sites for hydroxylation is 3. The lowest BCUT2D eigenvalue weighted by Crippen LogP contribution is -2.37. The molecule has 5 nitrogen and oxygen atoms in total. The first-order valence-electron chi connectivity index (χ1n) is 6.26. The van der Waals surface area contributed by atoms with Crippen LogP contribution in [0.5, 0.6) is 0 Å². The number of fused-ring (bicyclic) bond motifs is 1. The van der Waals surface area contributed by atoms with Crippen LogP contribution < -0.4 is 5.32 Å². The van der Waals surface area contributed by atoms with E-state index in [1.54, 1.807) is 11.3 Å². The van der Waals surface area contributed by atoms with E-state index >= 15 is 0 Å². The molecule has 0 spiro atoms. The second kappa shape index (κ2) is 4.78. The lowest BCUT2D eigenvalue weighted by atomic mass is 10.1. The molecule has 2 aromatic heterocycles. The van der Waals surface area contributed by atoms with E-state index in [2.05, 4.69) is 20.4 Å². The Balaban J connectivity index is 1.59. The van der Waals surface area contributed by atoms with Crippen molar-refractivity contribution in [3.63, 3.8) is 0 Å². The summed E-state index contributed by atoms with van der Waals surface area (Å²) >= 11 is 1.76. The maximum Gasteiger partial charge on any atom is 0.147 e. The van der Waals surface area contributed by atoms with Crippen LogP contribution in [0.1, 0.15) is 28.0 Å². The Labute approximate surface area is 110 Å². The summed E-state index contributed by atoms with van der Waals surface area (Å²) < 4.78 is 2.04. The standard InChI is InChI=1S/C12H17N5S/c1-8-15-12-4-3-10(7-17(12)16-8)14-6-11-5-13-9(2)18-11/h5,10,14H,3-4,6-7H2,1-2H3. The summed E-state index contributed by atoms with van der Waals surface area (Å²) in [7, 11) is 0. The zero-order valence-corrected chi connectivity index (χ0v) is 11.5. The van der Waals surface area contributed by atoms with E-state index in [0.29, 0.717) is 6.04 Å². The van der Waals surface area contributed by atoms with Crippen LogP contribution in [0, 0.1) is 13.8 Å². The highest BCUT2D eigenvalue weighted by atomic mass is 32.1. The van der Waals surface area contributed by atoms with Crippen molar-refractivity contribution in [2.24, 2.45) is 0 Å². The van der Waals surface area contributed by atoms with E-state index in [0.717, 1.165) is 42.6 Å². The van der Waals surface area contributed by atoms with Crippen molar-refractivity contribution in [2.45, 2.75) is 45.8 Å². The van der Waals surface area contributed by atoms with Crippen LogP contribution in [-0.4, -0.2) is 25.8 Å². The summed E-state index contributed by atoms with van der Waals surface area (Å²) in [5.74, 6) is 2.00. The number of aromatic nitrogens is 4. The van der Waals surface area contributed by atoms with Crippen LogP contribution in [0.15, 0.2) is 6.20 Å². The Morgan fingerprint density at radius 3 is 3.17 bits per heavy atom. The van der Waals surface area contributed by atoms with E-state index < -0.39 is 0 Å². The van der Waals surface area contributed by atoms with Crippen molar-refractivity contribution < 1.29 is 0 Å². The van der Waals surface area contributed by atoms with E-state index in [1.807, 2.05) is 24.7 Å². The largest absolute Gasteiger partial charge is 0.307 e. The Kier molecular flexibility index (Phi) is 3.13. The van der Waals surface area contributed by atoms with Gasteiger partial charge in [-0.1, -0.05) is 0 Å². The monoisotopic (exact) mass is 263 g/mol. The lowest BCUT2D eigenvalue weighted by Gasteiger charge is -2.23. The van der Waals surface area contributed by atoms with Crippen LogP contribution in [-0.2, 0) is 19.5 Å². The molecule has 6 heteroatoms. The summed E-state index contributed by atoms with van der Waals surface area (Å²) in [4.78, 5) is 9.99. The van der Waals surface area contributed by atoms with Crippen LogP contribution in [0.2, 0.25) is 0 Å². The van der Waals surface area contributed by atoms with E-state index in [9.17, 15) is 0 Å². The van der Waals surface area contributed by atoms with Crippen molar-refractivity contribution in [3.05, 3.63) is 27.7 Å². The molecule has 2 aromatic rings. The third kappa shape index (κ3) is 2.44. The van der Waals surface area contributed by atoms with Crippen molar-refractivity contribution in [1.82, 2.24) is 25.1 Å². The third-order valence-electron chi connectivity index (χ3n) is 3.20. The van der Waals surface area contributed by atoms with Gasteiger partial charge < -0.3 is 5.32 Å². The van der Waals surface area contributed by atoms with Crippen LogP contribution >= 0.6 is 11.3 Å². The van der Waals surface area contributed by atoms with Crippen molar-refractivity contribution >= 4 is 11.3 Å². The molecule has 0 radical (unpaired) electrons. The van der Waals surface area contributed by atoms with Gasteiger partial charge in [0.25, 0.3) is 0 Å². The number of nitrogens with zero attached hydrogens (tertiary/aromatic N) is 4. The molecule has 0 aromatic carbocycles. The summed E-state index contributed by atoms with van der Waals surface area (Å²) in [5.41, 5.74) is 0. The summed E-state index contributed by atoms with van der Waals surface area (Å²) in [6.07, 6.45) is 4.11. The molecule has 96 valence electrons. The molecule has 1 atom stereocenters. The highest BCUT2D eigenvalue weighted by Gasteiger charge is 2.20. The number of hydrogen-bond acceptors (Lipinski definition) is 5. The minimum absolute atomic E-state index is 0.487. The van der Waals surface area contributed by atoms with Gasteiger partial charge in [0.05, 0.1) is 11.6 Å². The third-order valence-corrected chi connectivity index (χ3v) is 4.11. The van der Waals surface area contributed by atoms with Crippen LogP contribution in [0.3, 0.4) is 0 Å². The molecule has 3 rings (SSSR count). The van der Waals surface area contributed by atoms with Gasteiger partial charge in [-0.3, -0.25) is 0 Å². The zero-order chi connectivity index (χ0) is 12.5. The molecule has 0 saturated heterocycles. The molecule has 3 heterocycles. The zero-order valence-electron chi connectivity index (χ0n) is 10.7. The summed E-state index contributed by atoms with van der Waals surface area (Å²) in [5, 5.41) is 9.13. The molecule has 18 heavy (non-hydrogen) atoms. The van der Waals surface area contributed by atoms with Gasteiger partial charge in [0.1, 0.15) is 11.6 Å². The molecule has 0 saturated carbocycles. The SMILES string of the molecule is Cc1nc2n(n1)CC(NCc1cnc(C)s1)CC2. The molecule has 0 fully saturated rings. The molecule has 1 aliphatic rings. The van der Waals surface area contributed by atoms with Gasteiger partial charge in [0.2, 0.25) is 0 Å².